The molecule has 0 amide bonds. The van der Waals surface area contributed by atoms with Crippen LogP contribution < -0.4 is 9.80 Å². The van der Waals surface area contributed by atoms with Crippen molar-refractivity contribution in [3.05, 3.63) is 291 Å². The van der Waals surface area contributed by atoms with Gasteiger partial charge in [0, 0.05) is 57.4 Å². The maximum atomic E-state index is 3.79. The van der Waals surface area contributed by atoms with Gasteiger partial charge in [-0.25, -0.2) is 0 Å². The highest BCUT2D eigenvalue weighted by Crippen LogP contribution is 2.60. The third-order valence-electron chi connectivity index (χ3n) is 20.2. The van der Waals surface area contributed by atoms with E-state index in [4.69, 9.17) is 0 Å². The molecule has 14 rings (SSSR count). The van der Waals surface area contributed by atoms with Gasteiger partial charge < -0.3 is 9.80 Å². The fraction of sp³-hybridized carbons (Fsp3) is 0.286. The van der Waals surface area contributed by atoms with Gasteiger partial charge in [0.25, 0.3) is 0 Å². The van der Waals surface area contributed by atoms with E-state index in [0.29, 0.717) is 0 Å². The molecule has 0 aliphatic heterocycles. The Hall–Kier alpha value is -6.28. The second-order valence-corrected chi connectivity index (χ2v) is 29.6. The fourth-order valence-electron chi connectivity index (χ4n) is 15.2. The number of benzene rings is 10. The van der Waals surface area contributed by atoms with Crippen LogP contribution in [0.25, 0.3) is 22.3 Å². The summed E-state index contributed by atoms with van der Waals surface area (Å²) in [5, 5.41) is 0. The molecule has 0 saturated heterocycles. The van der Waals surface area contributed by atoms with Crippen molar-refractivity contribution in [1.29, 1.82) is 0 Å². The summed E-state index contributed by atoms with van der Waals surface area (Å²) in [4.78, 5) is 4.90. The zero-order valence-electron chi connectivity index (χ0n) is 52.8. The second kappa shape index (κ2) is 27.5. The van der Waals surface area contributed by atoms with Crippen molar-refractivity contribution in [2.45, 2.75) is 154 Å². The van der Waals surface area contributed by atoms with Crippen LogP contribution in [-0.2, 0) is 36.5 Å². The van der Waals surface area contributed by atoms with Gasteiger partial charge in [-0.2, -0.15) is 0 Å². The van der Waals surface area contributed by atoms with Gasteiger partial charge in [0.05, 0.1) is 5.41 Å². The lowest BCUT2D eigenvalue weighted by Gasteiger charge is -2.36. The van der Waals surface area contributed by atoms with Crippen molar-refractivity contribution in [2.75, 3.05) is 9.80 Å². The lowest BCUT2D eigenvalue weighted by atomic mass is 9.65. The van der Waals surface area contributed by atoms with E-state index in [1.54, 1.807) is 0 Å². The summed E-state index contributed by atoms with van der Waals surface area (Å²) in [5.74, 6) is 0. The van der Waals surface area contributed by atoms with Crippen molar-refractivity contribution in [3.63, 3.8) is 0 Å². The number of anilines is 6. The van der Waals surface area contributed by atoms with Gasteiger partial charge in [-0.15, -0.1) is 0 Å². The normalized spacial score (nSPS) is 14.0. The largest absolute Gasteiger partial charge is 0.310 e. The summed E-state index contributed by atoms with van der Waals surface area (Å²) in [6.45, 7) is 8.98. The van der Waals surface area contributed by atoms with Crippen LogP contribution in [0.4, 0.5) is 34.1 Å². The summed E-state index contributed by atoms with van der Waals surface area (Å²) in [6.07, 6.45) is 22.7. The molecule has 6 heteroatoms. The van der Waals surface area contributed by atoms with E-state index in [9.17, 15) is 0 Å². The molecule has 10 aromatic carbocycles. The molecule has 0 spiro atoms. The van der Waals surface area contributed by atoms with Crippen LogP contribution >= 0.6 is 63.7 Å². The minimum atomic E-state index is -0.298. The predicted octanol–water partition coefficient (Wildman–Crippen LogP) is 26.3. The van der Waals surface area contributed by atoms with Crippen molar-refractivity contribution >= 4 is 97.8 Å². The monoisotopic (exact) mass is 1430 g/mol. The summed E-state index contributed by atoms with van der Waals surface area (Å²) in [5.41, 5.74) is 29.4. The van der Waals surface area contributed by atoms with Gasteiger partial charge in [0.2, 0.25) is 0 Å². The zero-order valence-corrected chi connectivity index (χ0v) is 59.1. The molecular weight excluding hydrogens is 1360 g/mol. The molecule has 0 fully saturated rings. The van der Waals surface area contributed by atoms with Crippen LogP contribution in [0.15, 0.2) is 224 Å². The van der Waals surface area contributed by atoms with Crippen molar-refractivity contribution < 1.29 is 0 Å². The number of aryl methyl sites for hydroxylation is 6. The SMILES string of the molecule is Brc1ccc2c(c1)C(c1ccc3c(c1)CC3)(c1ccc3c(c1)CC3)c1cc(Br)ccc1-2.CCCCCCCCC1(CCCCCCCC)c2cc(N(c3ccc(C)cc3)c3ccc(Br)cc3)ccc2-c2ccc(N(c3ccc(C)cc3)c3ccc(Br)cc3)cc21. The average molecular weight is 1440 g/mol. The van der Waals surface area contributed by atoms with E-state index in [1.165, 1.54) is 214 Å². The van der Waals surface area contributed by atoms with E-state index < -0.39 is 0 Å². The van der Waals surface area contributed by atoms with E-state index in [2.05, 4.69) is 307 Å². The van der Waals surface area contributed by atoms with Gasteiger partial charge in [-0.3, -0.25) is 0 Å². The molecule has 456 valence electrons. The Labute approximate surface area is 570 Å². The van der Waals surface area contributed by atoms with Gasteiger partial charge in [-0.05, 0) is 252 Å². The van der Waals surface area contributed by atoms with E-state index in [0.717, 1.165) is 42.1 Å². The molecule has 0 N–H and O–H groups in total. The first-order valence-corrected chi connectivity index (χ1v) is 36.5. The molecule has 90 heavy (non-hydrogen) atoms. The Morgan fingerprint density at radius 1 is 0.300 bits per heavy atom. The van der Waals surface area contributed by atoms with Crippen LogP contribution in [-0.4, -0.2) is 0 Å². The molecule has 0 radical (unpaired) electrons. The smallest absolute Gasteiger partial charge is 0.0714 e. The number of nitrogens with zero attached hydrogens (tertiary/aromatic N) is 2. The number of halogens is 4. The van der Waals surface area contributed by atoms with E-state index in [1.807, 2.05) is 0 Å². The van der Waals surface area contributed by atoms with Crippen LogP contribution in [0.3, 0.4) is 0 Å². The second-order valence-electron chi connectivity index (χ2n) is 26.0. The minimum Gasteiger partial charge on any atom is -0.310 e. The summed E-state index contributed by atoms with van der Waals surface area (Å²) in [6, 6.07) is 78.5. The lowest BCUT2D eigenvalue weighted by Crippen LogP contribution is -2.30. The highest BCUT2D eigenvalue weighted by molar-refractivity contribution is 9.11. The number of hydrogen-bond acceptors (Lipinski definition) is 2. The van der Waals surface area contributed by atoms with Gasteiger partial charge >= 0.3 is 0 Å². The van der Waals surface area contributed by atoms with E-state index in [-0.39, 0.29) is 10.8 Å². The summed E-state index contributed by atoms with van der Waals surface area (Å²) >= 11 is 15.0. The molecule has 4 aliphatic carbocycles. The molecule has 10 aromatic rings. The zero-order chi connectivity index (χ0) is 61.9. The molecular formula is C84H82Br4N2. The Morgan fingerprint density at radius 3 is 0.989 bits per heavy atom. The van der Waals surface area contributed by atoms with E-state index >= 15 is 0 Å². The van der Waals surface area contributed by atoms with Crippen LogP contribution in [0.2, 0.25) is 0 Å². The molecule has 0 unspecified atom stereocenters. The maximum absolute atomic E-state index is 3.79. The summed E-state index contributed by atoms with van der Waals surface area (Å²) in [7, 11) is 0. The Morgan fingerprint density at radius 2 is 0.622 bits per heavy atom. The molecule has 0 saturated carbocycles. The fourth-order valence-corrected chi connectivity index (χ4v) is 16.5. The molecule has 0 bridgehead atoms. The maximum Gasteiger partial charge on any atom is 0.0714 e. The standard InChI is InChI=1S/C55H62Br2N2.C29H20Br2/c1-5-7-9-11-13-15-37-55(38-16-14-12-10-8-6-2)53-39-49(58(45-25-17-41(3)18-26-45)47-29-21-43(56)22-30-47)33-35-51(53)52-36-34-50(40-54(52)55)59(46-27-19-42(4)20-28-46)48-31-23-44(57)24-32-48;30-23-9-11-25-26-12-10-24(31)16-28(26)29(27(25)15-23,21-7-5-17-1-3-19(17)13-21)22-8-6-18-2-4-20(18)14-22/h17-36,39-40H,5-16,37-38H2,1-4H3;5-16H,1-4H2. The third-order valence-corrected chi connectivity index (χ3v) is 22.2. The molecule has 4 aliphatic rings. The number of hydrogen-bond donors (Lipinski definition) is 0. The van der Waals surface area contributed by atoms with Crippen molar-refractivity contribution in [3.8, 4) is 22.3 Å². The van der Waals surface area contributed by atoms with Gasteiger partial charge in [0.15, 0.2) is 0 Å². The van der Waals surface area contributed by atoms with Crippen molar-refractivity contribution in [2.24, 2.45) is 0 Å². The lowest BCUT2D eigenvalue weighted by molar-refractivity contribution is 0.398. The quantitative estimate of drug-likeness (QED) is 0.0624. The molecule has 0 atom stereocenters. The highest BCUT2D eigenvalue weighted by Gasteiger charge is 2.48. The topological polar surface area (TPSA) is 6.48 Å². The van der Waals surface area contributed by atoms with Crippen molar-refractivity contribution in [1.82, 2.24) is 0 Å². The Bertz CT molecular complexity index is 3820. The minimum absolute atomic E-state index is 0.0937. The molecule has 2 nitrogen and oxygen atoms in total. The average Bonchev–Trinajstić information content (AvgIpc) is 1.52. The Kier molecular flexibility index (Phi) is 19.1. The Balaban J connectivity index is 0.000000198. The molecule has 0 aromatic heterocycles. The van der Waals surface area contributed by atoms with Gasteiger partial charge in [-0.1, -0.05) is 251 Å². The van der Waals surface area contributed by atoms with Crippen LogP contribution in [0.5, 0.6) is 0 Å². The van der Waals surface area contributed by atoms with Gasteiger partial charge in [0.1, 0.15) is 0 Å². The first-order valence-electron chi connectivity index (χ1n) is 33.3. The highest BCUT2D eigenvalue weighted by atomic mass is 79.9. The number of fused-ring (bicyclic) bond motifs is 8. The summed E-state index contributed by atoms with van der Waals surface area (Å²) < 4.78 is 4.45. The number of rotatable bonds is 22. The number of unbranched alkanes of at least 4 members (excludes halogenated alkanes) is 10. The molecule has 0 heterocycles. The third kappa shape index (κ3) is 12.3. The van der Waals surface area contributed by atoms with Crippen LogP contribution in [0.1, 0.15) is 171 Å². The van der Waals surface area contributed by atoms with Crippen LogP contribution in [0, 0.1) is 13.8 Å². The predicted molar refractivity (Wildman–Crippen MR) is 397 cm³/mol. The first-order chi connectivity index (χ1) is 43.9. The first kappa shape index (κ1) is 62.5.